The van der Waals surface area contributed by atoms with Crippen LogP contribution in [0.2, 0.25) is 0 Å². The van der Waals surface area contributed by atoms with Crippen LogP contribution >= 0.6 is 0 Å². The van der Waals surface area contributed by atoms with Crippen molar-refractivity contribution in [2.45, 2.75) is 52.9 Å². The monoisotopic (exact) mass is 280 g/mol. The third kappa shape index (κ3) is 5.23. The molecule has 0 saturated heterocycles. The number of nitrogens with two attached hydrogens (primary N) is 1. The van der Waals surface area contributed by atoms with Gasteiger partial charge in [0.15, 0.2) is 5.82 Å². The van der Waals surface area contributed by atoms with Crippen molar-refractivity contribution >= 4 is 11.5 Å². The second kappa shape index (κ2) is 9.39. The Kier molecular flexibility index (Phi) is 7.77. The molecular weight excluding hydrogens is 252 g/mol. The minimum Gasteiger partial charge on any atom is -0.476 e. The van der Waals surface area contributed by atoms with Crippen LogP contribution in [-0.4, -0.2) is 23.1 Å². The molecule has 0 fully saturated rings. The van der Waals surface area contributed by atoms with E-state index in [2.05, 4.69) is 36.1 Å². The van der Waals surface area contributed by atoms with E-state index in [4.69, 9.17) is 10.5 Å². The molecule has 1 atom stereocenters. The standard InChI is InChI=1S/C15H28N4O/c1-4-7-8-12(6-3)10-17-14-13(16)15(19-11-18-14)20-9-5-2/h11-12H,4-10,16H2,1-3H3,(H,17,18,19). The SMILES string of the molecule is CCCCC(CC)CNc1ncnc(OCCC)c1N. The molecule has 0 bridgehead atoms. The van der Waals surface area contributed by atoms with Gasteiger partial charge in [-0.3, -0.25) is 0 Å². The van der Waals surface area contributed by atoms with Crippen LogP contribution in [0.15, 0.2) is 6.33 Å². The second-order valence-electron chi connectivity index (χ2n) is 5.09. The van der Waals surface area contributed by atoms with Crippen LogP contribution in [0.5, 0.6) is 5.88 Å². The summed E-state index contributed by atoms with van der Waals surface area (Å²) in [5.74, 6) is 1.82. The number of unbranched alkanes of at least 4 members (excludes halogenated alkanes) is 1. The highest BCUT2D eigenvalue weighted by molar-refractivity contribution is 5.66. The van der Waals surface area contributed by atoms with Gasteiger partial charge in [0, 0.05) is 6.54 Å². The summed E-state index contributed by atoms with van der Waals surface area (Å²) in [6.45, 7) is 8.01. The van der Waals surface area contributed by atoms with E-state index in [0.717, 1.165) is 19.4 Å². The Labute approximate surface area is 122 Å². The zero-order chi connectivity index (χ0) is 14.8. The smallest absolute Gasteiger partial charge is 0.242 e. The molecule has 0 aliphatic carbocycles. The van der Waals surface area contributed by atoms with Crippen LogP contribution in [0, 0.1) is 5.92 Å². The fourth-order valence-electron chi connectivity index (χ4n) is 2.02. The number of ether oxygens (including phenoxy) is 1. The molecule has 5 nitrogen and oxygen atoms in total. The lowest BCUT2D eigenvalue weighted by Crippen LogP contribution is -2.16. The number of rotatable bonds is 10. The number of hydrogen-bond donors (Lipinski definition) is 2. The normalized spacial score (nSPS) is 12.2. The first kappa shape index (κ1) is 16.5. The predicted octanol–water partition coefficient (Wildman–Crippen LogP) is 3.48. The van der Waals surface area contributed by atoms with E-state index >= 15 is 0 Å². The maximum absolute atomic E-state index is 6.04. The van der Waals surface area contributed by atoms with E-state index in [9.17, 15) is 0 Å². The van der Waals surface area contributed by atoms with Crippen molar-refractivity contribution in [3.63, 3.8) is 0 Å². The molecule has 0 aromatic carbocycles. The van der Waals surface area contributed by atoms with Gasteiger partial charge in [0.2, 0.25) is 5.88 Å². The Morgan fingerprint density at radius 2 is 2.05 bits per heavy atom. The number of nitrogens with zero attached hydrogens (tertiary/aromatic N) is 2. The molecule has 3 N–H and O–H groups in total. The molecule has 1 aromatic rings. The van der Waals surface area contributed by atoms with Gasteiger partial charge in [-0.25, -0.2) is 4.98 Å². The summed E-state index contributed by atoms with van der Waals surface area (Å²) in [5.41, 5.74) is 6.55. The van der Waals surface area contributed by atoms with Crippen LogP contribution in [0.1, 0.15) is 52.9 Å². The van der Waals surface area contributed by atoms with Gasteiger partial charge in [0.05, 0.1) is 6.61 Å². The van der Waals surface area contributed by atoms with Crippen molar-refractivity contribution < 1.29 is 4.74 Å². The average molecular weight is 280 g/mol. The molecule has 114 valence electrons. The Balaban J connectivity index is 2.58. The van der Waals surface area contributed by atoms with E-state index in [1.807, 2.05) is 0 Å². The number of nitrogens with one attached hydrogen (secondary N) is 1. The third-order valence-corrected chi connectivity index (χ3v) is 3.39. The van der Waals surface area contributed by atoms with E-state index in [1.54, 1.807) is 0 Å². The van der Waals surface area contributed by atoms with Crippen LogP contribution < -0.4 is 15.8 Å². The first-order valence-electron chi connectivity index (χ1n) is 7.69. The quantitative estimate of drug-likeness (QED) is 0.686. The first-order valence-corrected chi connectivity index (χ1v) is 7.69. The second-order valence-corrected chi connectivity index (χ2v) is 5.09. The summed E-state index contributed by atoms with van der Waals surface area (Å²) in [4.78, 5) is 8.28. The van der Waals surface area contributed by atoms with Gasteiger partial charge < -0.3 is 15.8 Å². The van der Waals surface area contributed by atoms with Crippen molar-refractivity contribution in [3.8, 4) is 5.88 Å². The molecule has 1 rings (SSSR count). The number of anilines is 2. The van der Waals surface area contributed by atoms with Gasteiger partial charge in [-0.1, -0.05) is 40.0 Å². The maximum Gasteiger partial charge on any atom is 0.242 e. The fraction of sp³-hybridized carbons (Fsp3) is 0.733. The lowest BCUT2D eigenvalue weighted by molar-refractivity contribution is 0.306. The van der Waals surface area contributed by atoms with Gasteiger partial charge >= 0.3 is 0 Å². The highest BCUT2D eigenvalue weighted by atomic mass is 16.5. The van der Waals surface area contributed by atoms with Crippen molar-refractivity contribution in [3.05, 3.63) is 6.33 Å². The Morgan fingerprint density at radius 1 is 1.25 bits per heavy atom. The molecule has 0 spiro atoms. The molecular formula is C15H28N4O. The van der Waals surface area contributed by atoms with Crippen molar-refractivity contribution in [1.29, 1.82) is 0 Å². The summed E-state index contributed by atoms with van der Waals surface area (Å²) in [6, 6.07) is 0. The van der Waals surface area contributed by atoms with E-state index < -0.39 is 0 Å². The van der Waals surface area contributed by atoms with Gasteiger partial charge in [0.25, 0.3) is 0 Å². The molecule has 5 heteroatoms. The lowest BCUT2D eigenvalue weighted by atomic mass is 9.99. The van der Waals surface area contributed by atoms with Crippen LogP contribution in [0.3, 0.4) is 0 Å². The topological polar surface area (TPSA) is 73.1 Å². The minimum absolute atomic E-state index is 0.478. The minimum atomic E-state index is 0.478. The molecule has 1 unspecified atom stereocenters. The molecule has 1 heterocycles. The van der Waals surface area contributed by atoms with Crippen molar-refractivity contribution in [2.75, 3.05) is 24.2 Å². The summed E-state index contributed by atoms with van der Waals surface area (Å²) in [5, 5.41) is 3.33. The van der Waals surface area contributed by atoms with E-state index in [0.29, 0.717) is 29.9 Å². The first-order chi connectivity index (χ1) is 9.72. The Morgan fingerprint density at radius 3 is 2.70 bits per heavy atom. The lowest BCUT2D eigenvalue weighted by Gasteiger charge is -2.17. The van der Waals surface area contributed by atoms with E-state index in [1.165, 1.54) is 25.6 Å². The number of nitrogen functional groups attached to an aromatic ring is 1. The molecule has 1 aromatic heterocycles. The van der Waals surface area contributed by atoms with Gasteiger partial charge in [-0.05, 0) is 18.8 Å². The highest BCUT2D eigenvalue weighted by Crippen LogP contribution is 2.25. The Hall–Kier alpha value is -1.52. The Bertz CT molecular complexity index is 384. The van der Waals surface area contributed by atoms with Crippen LogP contribution in [-0.2, 0) is 0 Å². The summed E-state index contributed by atoms with van der Waals surface area (Å²) in [7, 11) is 0. The molecule has 0 radical (unpaired) electrons. The largest absolute Gasteiger partial charge is 0.476 e. The van der Waals surface area contributed by atoms with Crippen molar-refractivity contribution in [2.24, 2.45) is 5.92 Å². The molecule has 0 saturated carbocycles. The average Bonchev–Trinajstić information content (AvgIpc) is 2.47. The number of aromatic nitrogens is 2. The van der Waals surface area contributed by atoms with Gasteiger partial charge in [-0.15, -0.1) is 0 Å². The fourth-order valence-corrected chi connectivity index (χ4v) is 2.02. The third-order valence-electron chi connectivity index (χ3n) is 3.39. The van der Waals surface area contributed by atoms with E-state index in [-0.39, 0.29) is 0 Å². The van der Waals surface area contributed by atoms with Crippen LogP contribution in [0.25, 0.3) is 0 Å². The zero-order valence-corrected chi connectivity index (χ0v) is 13.0. The predicted molar refractivity (Wildman–Crippen MR) is 84.0 cm³/mol. The summed E-state index contributed by atoms with van der Waals surface area (Å²) < 4.78 is 5.51. The molecule has 0 aliphatic heterocycles. The van der Waals surface area contributed by atoms with Crippen molar-refractivity contribution in [1.82, 2.24) is 9.97 Å². The zero-order valence-electron chi connectivity index (χ0n) is 13.0. The van der Waals surface area contributed by atoms with Crippen LogP contribution in [0.4, 0.5) is 11.5 Å². The molecule has 0 aliphatic rings. The molecule has 20 heavy (non-hydrogen) atoms. The van der Waals surface area contributed by atoms with Gasteiger partial charge in [-0.2, -0.15) is 4.98 Å². The molecule has 0 amide bonds. The summed E-state index contributed by atoms with van der Waals surface area (Å²) >= 11 is 0. The number of hydrogen-bond acceptors (Lipinski definition) is 5. The van der Waals surface area contributed by atoms with Gasteiger partial charge in [0.1, 0.15) is 12.0 Å². The summed E-state index contributed by atoms with van der Waals surface area (Å²) in [6.07, 6.45) is 7.34. The highest BCUT2D eigenvalue weighted by Gasteiger charge is 2.11. The maximum atomic E-state index is 6.04.